The number of hydrogen-bond donors (Lipinski definition) is 2. The molecule has 0 spiro atoms. The van der Waals surface area contributed by atoms with E-state index in [0.29, 0.717) is 15.4 Å². The number of aromatic amines is 1. The fourth-order valence-corrected chi connectivity index (χ4v) is 7.35. The zero-order valence-corrected chi connectivity index (χ0v) is 20.0. The Kier molecular flexibility index (Phi) is 5.20. The van der Waals surface area contributed by atoms with Gasteiger partial charge in [0.25, 0.3) is 0 Å². The van der Waals surface area contributed by atoms with Crippen molar-refractivity contribution in [3.8, 4) is 11.5 Å². The molecule has 1 aromatic heterocycles. The molecule has 3 atom stereocenters. The first-order chi connectivity index (χ1) is 14.9. The second-order valence-electron chi connectivity index (χ2n) is 7.17. The number of phenolic OH excluding ortho intramolecular Hbond substituents is 1. The van der Waals surface area contributed by atoms with Gasteiger partial charge in [-0.2, -0.15) is 0 Å². The number of carbonyl (C=O) groups is 2. The number of benzene rings is 2. The molecule has 0 unspecified atom stereocenters. The smallest absolute Gasteiger partial charge is 0.248 e. The maximum atomic E-state index is 13.6. The number of nitrogens with zero attached hydrogens (tertiary/aromatic N) is 1. The molecule has 0 saturated carbocycles. The molecule has 2 amide bonds. The number of aromatic hydroxyl groups is 1. The Bertz CT molecular complexity index is 1270. The van der Waals surface area contributed by atoms with Crippen LogP contribution in [0.25, 0.3) is 0 Å². The Labute approximate surface area is 199 Å². The maximum Gasteiger partial charge on any atom is 0.248 e. The summed E-state index contributed by atoms with van der Waals surface area (Å²) in [7, 11) is 1.48. The third kappa shape index (κ3) is 3.32. The Morgan fingerprint density at radius 1 is 1.16 bits per heavy atom. The molecule has 0 aliphatic carbocycles. The molecule has 158 valence electrons. The summed E-state index contributed by atoms with van der Waals surface area (Å²) in [6.45, 7) is 0. The zero-order chi connectivity index (χ0) is 21.9. The standard InChI is InChI=1S/C21H15BrN2O4S3/c1-28-13-7-2-9(8-12(13)25)14-15-17(30-18-16(14)31-21(29)23-18)20(27)24(19(15)26)11-5-3-10(22)4-6-11/h2-8,14-15,17,25H,1H3,(H,23,29)/t14-,15-,17-/m1/s1. The molecule has 0 radical (unpaired) electrons. The van der Waals surface area contributed by atoms with Gasteiger partial charge in [0.2, 0.25) is 11.8 Å². The summed E-state index contributed by atoms with van der Waals surface area (Å²) in [4.78, 5) is 32.3. The second-order valence-corrected chi connectivity index (χ2v) is 11.0. The zero-order valence-electron chi connectivity index (χ0n) is 16.0. The second kappa shape index (κ2) is 7.77. The number of anilines is 1. The highest BCUT2D eigenvalue weighted by atomic mass is 79.9. The highest BCUT2D eigenvalue weighted by Gasteiger charge is 2.56. The minimum absolute atomic E-state index is 0.0167. The van der Waals surface area contributed by atoms with Crippen LogP contribution in [-0.4, -0.2) is 34.3 Å². The molecular formula is C21H15BrN2O4S3. The third-order valence-corrected chi connectivity index (χ3v) is 8.75. The molecule has 1 saturated heterocycles. The Hall–Kier alpha value is -2.14. The number of aromatic nitrogens is 1. The average molecular weight is 535 g/mol. The lowest BCUT2D eigenvalue weighted by molar-refractivity contribution is -0.122. The summed E-state index contributed by atoms with van der Waals surface area (Å²) in [5.74, 6) is -1.19. The number of ether oxygens (including phenoxy) is 1. The molecule has 6 nitrogen and oxygen atoms in total. The van der Waals surface area contributed by atoms with Crippen molar-refractivity contribution in [2.24, 2.45) is 5.92 Å². The van der Waals surface area contributed by atoms with Crippen molar-refractivity contribution in [1.82, 2.24) is 4.98 Å². The van der Waals surface area contributed by atoms with E-state index in [-0.39, 0.29) is 17.6 Å². The van der Waals surface area contributed by atoms with Crippen LogP contribution in [0.2, 0.25) is 0 Å². The van der Waals surface area contributed by atoms with E-state index in [0.717, 1.165) is 19.9 Å². The number of H-pyrrole nitrogens is 1. The molecule has 3 aromatic rings. The van der Waals surface area contributed by atoms with Crippen LogP contribution in [0.5, 0.6) is 11.5 Å². The van der Waals surface area contributed by atoms with E-state index in [9.17, 15) is 14.7 Å². The Morgan fingerprint density at radius 2 is 1.90 bits per heavy atom. The first kappa shape index (κ1) is 20.7. The largest absolute Gasteiger partial charge is 0.504 e. The van der Waals surface area contributed by atoms with Gasteiger partial charge in [0.15, 0.2) is 15.5 Å². The summed E-state index contributed by atoms with van der Waals surface area (Å²) < 4.78 is 6.61. The van der Waals surface area contributed by atoms with E-state index in [4.69, 9.17) is 17.0 Å². The van der Waals surface area contributed by atoms with Gasteiger partial charge in [0.05, 0.1) is 23.7 Å². The van der Waals surface area contributed by atoms with E-state index < -0.39 is 17.1 Å². The van der Waals surface area contributed by atoms with Crippen molar-refractivity contribution in [3.05, 3.63) is 61.3 Å². The molecule has 2 aliphatic rings. The van der Waals surface area contributed by atoms with Gasteiger partial charge in [-0.05, 0) is 54.2 Å². The van der Waals surface area contributed by atoms with E-state index in [1.165, 1.54) is 35.1 Å². The van der Waals surface area contributed by atoms with Crippen molar-refractivity contribution in [3.63, 3.8) is 0 Å². The number of halogens is 1. The molecular weight excluding hydrogens is 520 g/mol. The van der Waals surface area contributed by atoms with E-state index in [2.05, 4.69) is 20.9 Å². The monoisotopic (exact) mass is 534 g/mol. The molecule has 2 N–H and O–H groups in total. The van der Waals surface area contributed by atoms with E-state index in [1.54, 1.807) is 36.4 Å². The number of nitrogens with one attached hydrogen (secondary N) is 1. The quantitative estimate of drug-likeness (QED) is 0.360. The van der Waals surface area contributed by atoms with Crippen molar-refractivity contribution in [2.45, 2.75) is 16.2 Å². The van der Waals surface area contributed by atoms with Crippen molar-refractivity contribution in [1.29, 1.82) is 0 Å². The first-order valence-electron chi connectivity index (χ1n) is 9.29. The van der Waals surface area contributed by atoms with Gasteiger partial charge in [0, 0.05) is 15.3 Å². The lowest BCUT2D eigenvalue weighted by atomic mass is 9.83. The van der Waals surface area contributed by atoms with Crippen LogP contribution in [0.1, 0.15) is 16.4 Å². The van der Waals surface area contributed by atoms with Gasteiger partial charge in [-0.15, -0.1) is 11.3 Å². The van der Waals surface area contributed by atoms with Crippen molar-refractivity contribution in [2.75, 3.05) is 12.0 Å². The first-order valence-corrected chi connectivity index (χ1v) is 12.2. The predicted octanol–water partition coefficient (Wildman–Crippen LogP) is 5.08. The van der Waals surface area contributed by atoms with Gasteiger partial charge in [-0.3, -0.25) is 9.59 Å². The summed E-state index contributed by atoms with van der Waals surface area (Å²) in [6.07, 6.45) is 0. The van der Waals surface area contributed by atoms with Gasteiger partial charge >= 0.3 is 0 Å². The number of methoxy groups -OCH3 is 1. The van der Waals surface area contributed by atoms with Crippen LogP contribution in [0, 0.1) is 9.87 Å². The Balaban J connectivity index is 1.65. The lowest BCUT2D eigenvalue weighted by Gasteiger charge is -2.30. The number of fused-ring (bicyclic) bond motifs is 2. The minimum Gasteiger partial charge on any atom is -0.504 e. The van der Waals surface area contributed by atoms with Crippen molar-refractivity contribution >= 4 is 68.7 Å². The van der Waals surface area contributed by atoms with Crippen LogP contribution >= 0.6 is 51.2 Å². The minimum atomic E-state index is -0.608. The molecule has 5 rings (SSSR count). The van der Waals surface area contributed by atoms with E-state index >= 15 is 0 Å². The number of amides is 2. The lowest BCUT2D eigenvalue weighted by Crippen LogP contribution is -2.32. The molecule has 2 aliphatic heterocycles. The third-order valence-electron chi connectivity index (χ3n) is 5.47. The van der Waals surface area contributed by atoms with Crippen LogP contribution in [0.3, 0.4) is 0 Å². The van der Waals surface area contributed by atoms with Gasteiger partial charge < -0.3 is 14.8 Å². The number of thiazole rings is 1. The highest BCUT2D eigenvalue weighted by Crippen LogP contribution is 2.54. The molecule has 1 fully saturated rings. The summed E-state index contributed by atoms with van der Waals surface area (Å²) in [6, 6.07) is 12.2. The fraction of sp³-hybridized carbons (Fsp3) is 0.190. The number of imide groups is 1. The normalized spacial score (nSPS) is 22.4. The van der Waals surface area contributed by atoms with E-state index in [1.807, 2.05) is 6.07 Å². The number of thioether (sulfide) groups is 1. The van der Waals surface area contributed by atoms with Crippen molar-refractivity contribution < 1.29 is 19.4 Å². The summed E-state index contributed by atoms with van der Waals surface area (Å²) in [5.41, 5.74) is 1.28. The Morgan fingerprint density at radius 3 is 2.58 bits per heavy atom. The highest BCUT2D eigenvalue weighted by molar-refractivity contribution is 9.10. The number of rotatable bonds is 3. The fourth-order valence-electron chi connectivity index (χ4n) is 4.12. The SMILES string of the molecule is COc1ccc([C@H]2c3sc(=S)[nH]c3S[C@H]3C(=O)N(c4ccc(Br)cc4)C(=O)[C@H]23)cc1O. The van der Waals surface area contributed by atoms with Gasteiger partial charge in [-0.1, -0.05) is 33.8 Å². The number of carbonyl (C=O) groups excluding carboxylic acids is 2. The average Bonchev–Trinajstić information content (AvgIpc) is 3.23. The molecule has 2 aromatic carbocycles. The molecule has 10 heteroatoms. The summed E-state index contributed by atoms with van der Waals surface area (Å²) >= 11 is 11.5. The van der Waals surface area contributed by atoms with Gasteiger partial charge in [-0.25, -0.2) is 4.90 Å². The number of hydrogen-bond acceptors (Lipinski definition) is 7. The van der Waals surface area contributed by atoms with Crippen LogP contribution < -0.4 is 9.64 Å². The number of phenols is 1. The van der Waals surface area contributed by atoms with Crippen LogP contribution in [0.15, 0.2) is 52.0 Å². The molecule has 0 bridgehead atoms. The van der Waals surface area contributed by atoms with Crippen LogP contribution in [-0.2, 0) is 9.59 Å². The molecule has 31 heavy (non-hydrogen) atoms. The predicted molar refractivity (Wildman–Crippen MR) is 126 cm³/mol. The summed E-state index contributed by atoms with van der Waals surface area (Å²) in [5, 5.41) is 10.6. The maximum absolute atomic E-state index is 13.6. The molecule has 3 heterocycles. The van der Waals surface area contributed by atoms with Crippen LogP contribution in [0.4, 0.5) is 5.69 Å². The topological polar surface area (TPSA) is 82.6 Å². The van der Waals surface area contributed by atoms with Gasteiger partial charge in [0.1, 0.15) is 5.25 Å².